The summed E-state index contributed by atoms with van der Waals surface area (Å²) >= 11 is 0. The van der Waals surface area contributed by atoms with Crippen LogP contribution in [0.4, 0.5) is 13.2 Å². The number of nitrogens with zero attached hydrogens (tertiary/aromatic N) is 1. The third-order valence-electron chi connectivity index (χ3n) is 3.51. The zero-order valence-electron chi connectivity index (χ0n) is 12.3. The molecule has 1 unspecified atom stereocenters. The van der Waals surface area contributed by atoms with Crippen LogP contribution in [0.15, 0.2) is 0 Å². The summed E-state index contributed by atoms with van der Waals surface area (Å²) < 4.78 is 37.3. The lowest BCUT2D eigenvalue weighted by Gasteiger charge is -2.24. The van der Waals surface area contributed by atoms with Gasteiger partial charge in [-0.3, -0.25) is 4.90 Å². The van der Waals surface area contributed by atoms with Crippen LogP contribution in [-0.2, 0) is 0 Å². The average Bonchev–Trinajstić information content (AvgIpc) is 3.07. The monoisotopic (exact) mass is 280 g/mol. The van der Waals surface area contributed by atoms with Crippen molar-refractivity contribution < 1.29 is 13.2 Å². The maximum absolute atomic E-state index is 12.4. The van der Waals surface area contributed by atoms with E-state index in [0.717, 1.165) is 25.7 Å². The summed E-state index contributed by atoms with van der Waals surface area (Å²) in [7, 11) is 0. The highest BCUT2D eigenvalue weighted by Crippen LogP contribution is 2.29. The molecular formula is C14H27F3N2. The van der Waals surface area contributed by atoms with E-state index in [1.807, 2.05) is 0 Å². The maximum Gasteiger partial charge on any atom is 0.401 e. The summed E-state index contributed by atoms with van der Waals surface area (Å²) in [5.41, 5.74) is 0. The molecule has 19 heavy (non-hydrogen) atoms. The zero-order valence-corrected chi connectivity index (χ0v) is 12.3. The molecule has 0 radical (unpaired) electrons. The quantitative estimate of drug-likeness (QED) is 0.696. The zero-order chi connectivity index (χ0) is 14.5. The van der Waals surface area contributed by atoms with Gasteiger partial charge in [0.2, 0.25) is 0 Å². The average molecular weight is 280 g/mol. The Hall–Kier alpha value is -0.290. The molecule has 5 heteroatoms. The van der Waals surface area contributed by atoms with Crippen molar-refractivity contribution >= 4 is 0 Å². The first kappa shape index (κ1) is 16.8. The molecule has 1 saturated carbocycles. The molecule has 0 bridgehead atoms. The van der Waals surface area contributed by atoms with Crippen LogP contribution < -0.4 is 5.32 Å². The predicted molar refractivity (Wildman–Crippen MR) is 72.2 cm³/mol. The summed E-state index contributed by atoms with van der Waals surface area (Å²) in [5.74, 6) is 0.678. The summed E-state index contributed by atoms with van der Waals surface area (Å²) in [5, 5.41) is 3.33. The third kappa shape index (κ3) is 8.47. The van der Waals surface area contributed by atoms with Gasteiger partial charge in [0.15, 0.2) is 0 Å². The number of alkyl halides is 3. The Morgan fingerprint density at radius 3 is 2.26 bits per heavy atom. The van der Waals surface area contributed by atoms with Gasteiger partial charge in [0, 0.05) is 25.2 Å². The van der Waals surface area contributed by atoms with Gasteiger partial charge in [-0.2, -0.15) is 13.2 Å². The molecule has 1 aliphatic carbocycles. The number of nitrogens with one attached hydrogen (secondary N) is 1. The Morgan fingerprint density at radius 2 is 1.79 bits per heavy atom. The van der Waals surface area contributed by atoms with Crippen LogP contribution in [0.25, 0.3) is 0 Å². The molecule has 1 rings (SSSR count). The van der Waals surface area contributed by atoms with Crippen LogP contribution in [0.2, 0.25) is 0 Å². The van der Waals surface area contributed by atoms with E-state index in [1.54, 1.807) is 4.90 Å². The Morgan fingerprint density at radius 1 is 1.16 bits per heavy atom. The predicted octanol–water partition coefficient (Wildman–Crippen LogP) is 3.43. The molecule has 0 amide bonds. The van der Waals surface area contributed by atoms with Crippen LogP contribution >= 0.6 is 0 Å². The molecule has 0 aliphatic heterocycles. The van der Waals surface area contributed by atoms with Gasteiger partial charge in [-0.25, -0.2) is 0 Å². The highest BCUT2D eigenvalue weighted by molar-refractivity contribution is 4.86. The summed E-state index contributed by atoms with van der Waals surface area (Å²) in [6, 6.07) is 0.545. The lowest BCUT2D eigenvalue weighted by Crippen LogP contribution is -2.41. The second-order valence-corrected chi connectivity index (χ2v) is 6.14. The van der Waals surface area contributed by atoms with Gasteiger partial charge in [0.1, 0.15) is 0 Å². The van der Waals surface area contributed by atoms with E-state index in [9.17, 15) is 13.2 Å². The Balaban J connectivity index is 2.18. The second-order valence-electron chi connectivity index (χ2n) is 6.14. The number of rotatable bonds is 9. The first-order chi connectivity index (χ1) is 8.78. The molecule has 1 aliphatic rings. The first-order valence-corrected chi connectivity index (χ1v) is 7.32. The van der Waals surface area contributed by atoms with Gasteiger partial charge in [-0.05, 0) is 38.5 Å². The van der Waals surface area contributed by atoms with E-state index in [0.29, 0.717) is 25.0 Å². The van der Waals surface area contributed by atoms with Crippen molar-refractivity contribution in [3.63, 3.8) is 0 Å². The Bertz CT molecular complexity index is 250. The summed E-state index contributed by atoms with van der Waals surface area (Å²) in [4.78, 5) is 1.57. The van der Waals surface area contributed by atoms with E-state index < -0.39 is 12.7 Å². The molecular weight excluding hydrogens is 253 g/mol. The van der Waals surface area contributed by atoms with Crippen LogP contribution in [0, 0.1) is 5.92 Å². The Kier molecular flexibility index (Phi) is 6.60. The fourth-order valence-corrected chi connectivity index (χ4v) is 2.20. The minimum Gasteiger partial charge on any atom is -0.313 e. The number of hydrogen-bond acceptors (Lipinski definition) is 2. The van der Waals surface area contributed by atoms with Crippen molar-refractivity contribution in [1.29, 1.82) is 0 Å². The number of hydrogen-bond donors (Lipinski definition) is 1. The molecule has 114 valence electrons. The SMILES string of the molecule is CC(C)CCC(C)NCCN(CC(F)(F)F)C1CC1. The van der Waals surface area contributed by atoms with E-state index in [1.165, 1.54) is 0 Å². The highest BCUT2D eigenvalue weighted by Gasteiger charge is 2.37. The van der Waals surface area contributed by atoms with E-state index in [-0.39, 0.29) is 6.04 Å². The molecule has 1 N–H and O–H groups in total. The topological polar surface area (TPSA) is 15.3 Å². The van der Waals surface area contributed by atoms with Crippen molar-refractivity contribution in [3.8, 4) is 0 Å². The van der Waals surface area contributed by atoms with Gasteiger partial charge in [-0.1, -0.05) is 13.8 Å². The molecule has 1 atom stereocenters. The minimum atomic E-state index is -4.08. The van der Waals surface area contributed by atoms with Crippen molar-refractivity contribution in [1.82, 2.24) is 10.2 Å². The smallest absolute Gasteiger partial charge is 0.313 e. The fourth-order valence-electron chi connectivity index (χ4n) is 2.20. The fraction of sp³-hybridized carbons (Fsp3) is 1.00. The van der Waals surface area contributed by atoms with Crippen molar-refractivity contribution in [3.05, 3.63) is 0 Å². The van der Waals surface area contributed by atoms with Crippen molar-refractivity contribution in [2.75, 3.05) is 19.6 Å². The van der Waals surface area contributed by atoms with Crippen molar-refractivity contribution in [2.45, 2.75) is 64.7 Å². The van der Waals surface area contributed by atoms with Gasteiger partial charge in [0.25, 0.3) is 0 Å². The van der Waals surface area contributed by atoms with Gasteiger partial charge in [-0.15, -0.1) is 0 Å². The normalized spacial score (nSPS) is 18.3. The molecule has 0 aromatic carbocycles. The van der Waals surface area contributed by atoms with Crippen LogP contribution in [-0.4, -0.2) is 42.8 Å². The van der Waals surface area contributed by atoms with E-state index in [2.05, 4.69) is 26.1 Å². The highest BCUT2D eigenvalue weighted by atomic mass is 19.4. The molecule has 2 nitrogen and oxygen atoms in total. The van der Waals surface area contributed by atoms with Crippen LogP contribution in [0.1, 0.15) is 46.5 Å². The van der Waals surface area contributed by atoms with Crippen LogP contribution in [0.5, 0.6) is 0 Å². The van der Waals surface area contributed by atoms with Gasteiger partial charge in [0.05, 0.1) is 6.54 Å². The molecule has 0 spiro atoms. The maximum atomic E-state index is 12.4. The lowest BCUT2D eigenvalue weighted by molar-refractivity contribution is -0.147. The molecule has 0 heterocycles. The minimum absolute atomic E-state index is 0.161. The second kappa shape index (κ2) is 7.48. The lowest BCUT2D eigenvalue weighted by atomic mass is 10.0. The van der Waals surface area contributed by atoms with Gasteiger partial charge >= 0.3 is 6.18 Å². The van der Waals surface area contributed by atoms with E-state index in [4.69, 9.17) is 0 Å². The van der Waals surface area contributed by atoms with Gasteiger partial charge < -0.3 is 5.32 Å². The Labute approximate surface area is 114 Å². The molecule has 0 aromatic rings. The molecule has 0 saturated heterocycles. The molecule has 0 aromatic heterocycles. The largest absolute Gasteiger partial charge is 0.401 e. The third-order valence-corrected chi connectivity index (χ3v) is 3.51. The van der Waals surface area contributed by atoms with Crippen LogP contribution in [0.3, 0.4) is 0 Å². The molecule has 1 fully saturated rings. The summed E-state index contributed by atoms with van der Waals surface area (Å²) in [6.07, 6.45) is -0.00671. The number of halogens is 3. The summed E-state index contributed by atoms with van der Waals surface area (Å²) in [6.45, 7) is 6.85. The van der Waals surface area contributed by atoms with Crippen molar-refractivity contribution in [2.24, 2.45) is 5.92 Å². The standard InChI is InChI=1S/C14H27F3N2/c1-11(2)4-5-12(3)18-8-9-19(13-6-7-13)10-14(15,16)17/h11-13,18H,4-10H2,1-3H3. The first-order valence-electron chi connectivity index (χ1n) is 7.32. The van der Waals surface area contributed by atoms with E-state index >= 15 is 0 Å².